The number of carbonyl (C=O) groups excluding carboxylic acids is 2. The van der Waals surface area contributed by atoms with Gasteiger partial charge in [-0.3, -0.25) is 30.2 Å². The van der Waals surface area contributed by atoms with E-state index in [-0.39, 0.29) is 105 Å². The molecule has 0 radical (unpaired) electrons. The first-order valence-corrected chi connectivity index (χ1v) is 10.1. The van der Waals surface area contributed by atoms with Gasteiger partial charge in [-0.05, 0) is 12.8 Å². The molecule has 2 rings (SSSR count). The van der Waals surface area contributed by atoms with Crippen LogP contribution in [-0.2, 0) is 0 Å². The molecule has 0 fully saturated rings. The molecule has 36 heavy (non-hydrogen) atoms. The molecule has 14 N–H and O–H groups in total. The second kappa shape index (κ2) is 13.8. The summed E-state index contributed by atoms with van der Waals surface area (Å²) in [5.74, 6) is -3.70. The molecule has 2 aromatic rings. The number of halogens is 4. The molecular weight excluding hydrogens is 651 g/mol. The van der Waals surface area contributed by atoms with Crippen LogP contribution in [0.1, 0.15) is 33.8 Å². The highest BCUT2D eigenvalue weighted by Gasteiger charge is 2.26. The molecule has 2 aromatic heterocycles. The smallest absolute Gasteiger partial charge is 0.283 e. The van der Waals surface area contributed by atoms with Crippen molar-refractivity contribution in [3.05, 3.63) is 21.7 Å². The number of hydrogen-bond donors (Lipinski definition) is 8. The van der Waals surface area contributed by atoms with Gasteiger partial charge in [0.25, 0.3) is 11.8 Å². The quantitative estimate of drug-likeness (QED) is 0.111. The van der Waals surface area contributed by atoms with Crippen molar-refractivity contribution in [2.45, 2.75) is 12.8 Å². The highest BCUT2D eigenvalue weighted by atomic mass is 79.9. The lowest BCUT2D eigenvalue weighted by Gasteiger charge is -2.23. The predicted octanol–water partition coefficient (Wildman–Crippen LogP) is 0.210. The van der Waals surface area contributed by atoms with Crippen molar-refractivity contribution >= 4 is 104 Å². The predicted molar refractivity (Wildman–Crippen MR) is 148 cm³/mol. The molecule has 0 saturated carbocycles. The fraction of sp³-hybridized carbons (Fsp3) is 0.250. The zero-order valence-electron chi connectivity index (χ0n) is 18.4. The van der Waals surface area contributed by atoms with Gasteiger partial charge in [0.1, 0.15) is 0 Å². The molecule has 16 nitrogen and oxygen atoms in total. The Morgan fingerprint density at radius 3 is 1.25 bits per heavy atom. The van der Waals surface area contributed by atoms with Crippen molar-refractivity contribution in [3.63, 3.8) is 0 Å². The number of nitrogens with zero attached hydrogens (tertiary/aromatic N) is 6. The first kappa shape index (κ1) is 32.8. The van der Waals surface area contributed by atoms with E-state index in [1.807, 2.05) is 0 Å². The van der Waals surface area contributed by atoms with Gasteiger partial charge in [-0.2, -0.15) is 0 Å². The molecule has 20 heteroatoms. The lowest BCUT2D eigenvalue weighted by molar-refractivity contribution is 0.0816. The van der Waals surface area contributed by atoms with E-state index in [2.05, 4.69) is 19.9 Å². The van der Waals surface area contributed by atoms with Crippen molar-refractivity contribution in [1.29, 1.82) is 10.8 Å². The summed E-state index contributed by atoms with van der Waals surface area (Å²) in [5, 5.41) is 14.9. The van der Waals surface area contributed by atoms with Crippen LogP contribution in [0.4, 0.5) is 23.3 Å². The van der Waals surface area contributed by atoms with Crippen molar-refractivity contribution in [2.75, 3.05) is 36.0 Å². The van der Waals surface area contributed by atoms with Gasteiger partial charge in [-0.15, -0.1) is 34.0 Å². The molecule has 0 unspecified atom stereocenters. The van der Waals surface area contributed by atoms with E-state index < -0.39 is 23.7 Å². The number of rotatable bonds is 7. The molecule has 0 aliphatic heterocycles. The van der Waals surface area contributed by atoms with E-state index in [9.17, 15) is 9.59 Å². The Morgan fingerprint density at radius 1 is 0.667 bits per heavy atom. The van der Waals surface area contributed by atoms with Crippen LogP contribution in [-0.4, -0.2) is 66.6 Å². The van der Waals surface area contributed by atoms with Crippen LogP contribution < -0.4 is 34.4 Å². The number of anilines is 4. The SMILES string of the molecule is Br.Br.N=C(N)N(CCCCN(C(=N)N)C(=O)c1nc(Cl)c(N)nc1N)C(=O)c1nc(Cl)c(N)nc1N. The van der Waals surface area contributed by atoms with Gasteiger partial charge in [-0.1, -0.05) is 23.2 Å². The van der Waals surface area contributed by atoms with E-state index in [1.165, 1.54) is 0 Å². The Morgan fingerprint density at radius 2 is 0.972 bits per heavy atom. The minimum absolute atomic E-state index is 0. The number of amides is 2. The number of aromatic nitrogens is 4. The zero-order chi connectivity index (χ0) is 25.7. The fourth-order valence-corrected chi connectivity index (χ4v) is 2.91. The van der Waals surface area contributed by atoms with Gasteiger partial charge in [0.05, 0.1) is 0 Å². The van der Waals surface area contributed by atoms with E-state index in [0.717, 1.165) is 9.80 Å². The van der Waals surface area contributed by atoms with Crippen LogP contribution in [0, 0.1) is 10.8 Å². The lowest BCUT2D eigenvalue weighted by Crippen LogP contribution is -2.44. The van der Waals surface area contributed by atoms with Gasteiger partial charge in [-0.25, -0.2) is 19.9 Å². The second-order valence-corrected chi connectivity index (χ2v) is 7.37. The topological polar surface area (TPSA) is 296 Å². The monoisotopic (exact) mass is 672 g/mol. The molecule has 198 valence electrons. The molecule has 0 aliphatic carbocycles. The largest absolute Gasteiger partial charge is 0.382 e. The Hall–Kier alpha value is -3.22. The lowest BCUT2D eigenvalue weighted by atomic mass is 10.2. The summed E-state index contributed by atoms with van der Waals surface area (Å²) in [6.07, 6.45) is 0.449. The van der Waals surface area contributed by atoms with E-state index >= 15 is 0 Å². The number of nitrogen functional groups attached to an aromatic ring is 4. The Balaban J connectivity index is 0.00000612. The number of unbranched alkanes of at least 4 members (excludes halogenated alkanes) is 1. The number of guanidine groups is 2. The average molecular weight is 675 g/mol. The standard InChI is InChI=1S/C16H22Cl2N14O2.2BrH/c17-7-11(21)29-9(19)5(27-7)13(33)31(15(23)24)3-1-2-4-32(16(25)26)14(34)6-10(20)30-12(22)8(18)28-6;;/h1-4H2,(H3,23,24)(H3,25,26)(H4,19,21,29)(H4,20,22,30);2*1H. The molecule has 2 amide bonds. The van der Waals surface area contributed by atoms with Crippen LogP contribution in [0.15, 0.2) is 0 Å². The van der Waals surface area contributed by atoms with Crippen molar-refractivity contribution in [1.82, 2.24) is 29.7 Å². The molecular formula is C16H24Br2Cl2N14O2. The second-order valence-electron chi connectivity index (χ2n) is 6.66. The van der Waals surface area contributed by atoms with Gasteiger partial charge < -0.3 is 34.4 Å². The summed E-state index contributed by atoms with van der Waals surface area (Å²) < 4.78 is 0. The first-order valence-electron chi connectivity index (χ1n) is 9.33. The van der Waals surface area contributed by atoms with Crippen LogP contribution in [0.2, 0.25) is 10.3 Å². The number of nitrogens with two attached hydrogens (primary N) is 6. The van der Waals surface area contributed by atoms with Crippen LogP contribution in [0.25, 0.3) is 0 Å². The summed E-state index contributed by atoms with van der Waals surface area (Å²) in [4.78, 5) is 42.3. The van der Waals surface area contributed by atoms with Crippen LogP contribution >= 0.6 is 57.2 Å². The summed E-state index contributed by atoms with van der Waals surface area (Å²) in [6, 6.07) is 0. The summed E-state index contributed by atoms with van der Waals surface area (Å²) >= 11 is 11.6. The normalized spacial score (nSPS) is 9.94. The van der Waals surface area contributed by atoms with Crippen molar-refractivity contribution in [2.24, 2.45) is 11.5 Å². The van der Waals surface area contributed by atoms with Crippen molar-refractivity contribution in [3.8, 4) is 0 Å². The Bertz CT molecular complexity index is 1080. The van der Waals surface area contributed by atoms with Crippen molar-refractivity contribution < 1.29 is 9.59 Å². The van der Waals surface area contributed by atoms with Crippen LogP contribution in [0.5, 0.6) is 0 Å². The highest BCUT2D eigenvalue weighted by Crippen LogP contribution is 2.20. The third kappa shape index (κ3) is 7.64. The summed E-state index contributed by atoms with van der Waals surface area (Å²) in [6.45, 7) is -0.125. The number of carbonyl (C=O) groups is 2. The van der Waals surface area contributed by atoms with E-state index in [1.54, 1.807) is 0 Å². The number of nitrogens with one attached hydrogen (secondary N) is 2. The molecule has 0 aliphatic rings. The summed E-state index contributed by atoms with van der Waals surface area (Å²) in [5.41, 5.74) is 32.8. The minimum atomic E-state index is -0.821. The third-order valence-electron chi connectivity index (χ3n) is 4.30. The fourth-order valence-electron chi connectivity index (χ4n) is 2.66. The summed E-state index contributed by atoms with van der Waals surface area (Å²) in [7, 11) is 0. The Kier molecular flexibility index (Phi) is 12.5. The molecule has 0 saturated heterocycles. The van der Waals surface area contributed by atoms with E-state index in [0.29, 0.717) is 0 Å². The Labute approximate surface area is 235 Å². The van der Waals surface area contributed by atoms with Gasteiger partial charge in [0.15, 0.2) is 56.9 Å². The number of hydrogen-bond acceptors (Lipinski definition) is 12. The molecule has 2 heterocycles. The zero-order valence-corrected chi connectivity index (χ0v) is 23.3. The van der Waals surface area contributed by atoms with Gasteiger partial charge >= 0.3 is 0 Å². The maximum absolute atomic E-state index is 12.7. The first-order chi connectivity index (χ1) is 15.8. The molecule has 0 spiro atoms. The third-order valence-corrected chi connectivity index (χ3v) is 4.86. The maximum atomic E-state index is 12.7. The maximum Gasteiger partial charge on any atom is 0.283 e. The minimum Gasteiger partial charge on any atom is -0.382 e. The van der Waals surface area contributed by atoms with E-state index in [4.69, 9.17) is 68.4 Å². The van der Waals surface area contributed by atoms with Crippen LogP contribution in [0.3, 0.4) is 0 Å². The highest BCUT2D eigenvalue weighted by molar-refractivity contribution is 8.93. The average Bonchev–Trinajstić information content (AvgIpc) is 2.74. The molecule has 0 aromatic carbocycles. The molecule has 0 bridgehead atoms. The molecule has 0 atom stereocenters. The van der Waals surface area contributed by atoms with Gasteiger partial charge in [0, 0.05) is 13.1 Å². The van der Waals surface area contributed by atoms with Gasteiger partial charge in [0.2, 0.25) is 0 Å².